The van der Waals surface area contributed by atoms with Gasteiger partial charge in [-0.25, -0.2) is 4.98 Å². The maximum atomic E-state index is 12.7. The number of nitrogens with one attached hydrogen (secondary N) is 2. The van der Waals surface area contributed by atoms with Gasteiger partial charge in [0.2, 0.25) is 11.8 Å². The number of nitrogen functional groups attached to an aromatic ring is 1. The van der Waals surface area contributed by atoms with Crippen LogP contribution >= 0.6 is 11.8 Å². The van der Waals surface area contributed by atoms with Crippen LogP contribution in [0.25, 0.3) is 0 Å². The number of thioether (sulfide) groups is 1. The first-order valence-corrected chi connectivity index (χ1v) is 16.0. The van der Waals surface area contributed by atoms with Crippen molar-refractivity contribution in [2.75, 3.05) is 22.1 Å². The van der Waals surface area contributed by atoms with E-state index >= 15 is 0 Å². The third kappa shape index (κ3) is 9.63. The lowest BCUT2D eigenvalue weighted by Gasteiger charge is -2.36. The second-order valence-electron chi connectivity index (χ2n) is 10.8. The highest BCUT2D eigenvalue weighted by Gasteiger charge is 2.32. The van der Waals surface area contributed by atoms with Gasteiger partial charge in [-0.05, 0) is 60.4 Å². The zero-order valence-electron chi connectivity index (χ0n) is 24.9. The summed E-state index contributed by atoms with van der Waals surface area (Å²) in [6.45, 7) is -0.0153. The largest absolute Gasteiger partial charge is 0.397 e. The summed E-state index contributed by atoms with van der Waals surface area (Å²) in [5, 5.41) is 16.2. The average Bonchev–Trinajstić information content (AvgIpc) is 3.07. The molecule has 0 bridgehead atoms. The van der Waals surface area contributed by atoms with E-state index in [1.54, 1.807) is 30.1 Å². The third-order valence-electron chi connectivity index (χ3n) is 7.40. The molecular formula is C35H38N4O5S. The van der Waals surface area contributed by atoms with Gasteiger partial charge in [0.1, 0.15) is 0 Å². The highest BCUT2D eigenvalue weighted by atomic mass is 32.2. The van der Waals surface area contributed by atoms with Crippen LogP contribution in [-0.2, 0) is 25.7 Å². The first-order chi connectivity index (χ1) is 22.0. The molecule has 3 aromatic carbocycles. The highest BCUT2D eigenvalue weighted by Crippen LogP contribution is 2.39. The number of benzene rings is 3. The van der Waals surface area contributed by atoms with E-state index in [1.165, 1.54) is 0 Å². The molecule has 234 valence electrons. The van der Waals surface area contributed by atoms with Gasteiger partial charge in [0.15, 0.2) is 6.29 Å². The fourth-order valence-electron chi connectivity index (χ4n) is 5.01. The molecule has 4 aromatic rings. The normalized spacial score (nSPS) is 17.8. The fraction of sp³-hybridized carbons (Fsp3) is 0.286. The number of anilines is 3. The summed E-state index contributed by atoms with van der Waals surface area (Å²) in [6.07, 6.45) is 3.25. The zero-order valence-corrected chi connectivity index (χ0v) is 25.7. The smallest absolute Gasteiger partial charge is 0.224 e. The Bertz CT molecular complexity index is 1550. The van der Waals surface area contributed by atoms with Gasteiger partial charge >= 0.3 is 0 Å². The predicted molar refractivity (Wildman–Crippen MR) is 176 cm³/mol. The summed E-state index contributed by atoms with van der Waals surface area (Å²) in [5.41, 5.74) is 10.3. The molecule has 5 rings (SSSR count). The number of aliphatic hydroxyl groups excluding tert-OH is 1. The summed E-state index contributed by atoms with van der Waals surface area (Å²) in [5.74, 6) is 0.444. The second kappa shape index (κ2) is 16.2. The van der Waals surface area contributed by atoms with Crippen molar-refractivity contribution < 1.29 is 24.2 Å². The number of pyridine rings is 1. The Balaban J connectivity index is 1.17. The molecule has 1 saturated heterocycles. The van der Waals surface area contributed by atoms with E-state index in [2.05, 4.69) is 15.6 Å². The topological polar surface area (TPSA) is 136 Å². The van der Waals surface area contributed by atoms with Crippen molar-refractivity contribution in [3.05, 3.63) is 114 Å². The minimum absolute atomic E-state index is 0.0153. The molecule has 10 heteroatoms. The maximum Gasteiger partial charge on any atom is 0.224 e. The number of amides is 2. The van der Waals surface area contributed by atoms with Crippen LogP contribution in [0.2, 0.25) is 0 Å². The molecule has 2 heterocycles. The van der Waals surface area contributed by atoms with E-state index in [1.807, 2.05) is 78.9 Å². The molecule has 3 atom stereocenters. The number of carbonyl (C=O) groups is 2. The summed E-state index contributed by atoms with van der Waals surface area (Å²) in [7, 11) is 0. The number of hydrogen-bond donors (Lipinski definition) is 4. The van der Waals surface area contributed by atoms with Crippen LogP contribution < -0.4 is 16.4 Å². The van der Waals surface area contributed by atoms with Gasteiger partial charge < -0.3 is 30.9 Å². The molecule has 0 radical (unpaired) electrons. The van der Waals surface area contributed by atoms with Crippen molar-refractivity contribution in [2.45, 2.75) is 62.2 Å². The minimum Gasteiger partial charge on any atom is -0.397 e. The molecule has 9 nitrogen and oxygen atoms in total. The molecule has 0 spiro atoms. The van der Waals surface area contributed by atoms with Crippen molar-refractivity contribution >= 4 is 40.6 Å². The van der Waals surface area contributed by atoms with Crippen LogP contribution in [0.3, 0.4) is 0 Å². The van der Waals surface area contributed by atoms with E-state index in [-0.39, 0.29) is 30.6 Å². The quantitative estimate of drug-likeness (QED) is 0.0738. The molecule has 1 aliphatic heterocycles. The molecule has 0 saturated carbocycles. The van der Waals surface area contributed by atoms with Crippen molar-refractivity contribution in [2.24, 2.45) is 0 Å². The van der Waals surface area contributed by atoms with E-state index in [0.29, 0.717) is 54.9 Å². The first kappa shape index (κ1) is 32.2. The van der Waals surface area contributed by atoms with Gasteiger partial charge in [-0.3, -0.25) is 9.59 Å². The number of para-hydroxylation sites is 2. The molecule has 0 unspecified atom stereocenters. The van der Waals surface area contributed by atoms with Crippen LogP contribution in [0.5, 0.6) is 0 Å². The molecule has 45 heavy (non-hydrogen) atoms. The number of nitrogens with two attached hydrogens (primary N) is 1. The first-order valence-electron chi connectivity index (χ1n) is 15.1. The number of hydrogen-bond acceptors (Lipinski definition) is 8. The average molecular weight is 627 g/mol. The van der Waals surface area contributed by atoms with Crippen LogP contribution in [0.1, 0.15) is 61.2 Å². The molecule has 1 aromatic heterocycles. The summed E-state index contributed by atoms with van der Waals surface area (Å²) >= 11 is 1.64. The number of ether oxygens (including phenoxy) is 2. The molecular weight excluding hydrogens is 588 g/mol. The number of carbonyl (C=O) groups excluding carboxylic acids is 2. The van der Waals surface area contributed by atoms with Crippen molar-refractivity contribution in [1.82, 2.24) is 4.98 Å². The van der Waals surface area contributed by atoms with Crippen molar-refractivity contribution in [3.63, 3.8) is 0 Å². The van der Waals surface area contributed by atoms with Gasteiger partial charge in [0.25, 0.3) is 0 Å². The third-order valence-corrected chi connectivity index (χ3v) is 8.48. The summed E-state index contributed by atoms with van der Waals surface area (Å²) in [6, 6.07) is 28.2. The lowest BCUT2D eigenvalue weighted by molar-refractivity contribution is -0.245. The number of unbranched alkanes of at least 4 members (excludes halogenated alkanes) is 1. The summed E-state index contributed by atoms with van der Waals surface area (Å²) < 4.78 is 12.9. The van der Waals surface area contributed by atoms with Gasteiger partial charge in [-0.15, -0.1) is 11.8 Å². The predicted octanol–water partition coefficient (Wildman–Crippen LogP) is 6.63. The van der Waals surface area contributed by atoms with Crippen molar-refractivity contribution in [3.8, 4) is 0 Å². The maximum absolute atomic E-state index is 12.7. The highest BCUT2D eigenvalue weighted by molar-refractivity contribution is 7.99. The SMILES string of the molecule is Nc1ccccc1NC(=O)CCCCC(=O)Nc1cccc([C@H]2O[C@@H](CSc3ccccn3)C[C@@H](c3ccc(CO)cc3)O2)c1. The fourth-order valence-corrected chi connectivity index (χ4v) is 5.90. The van der Waals surface area contributed by atoms with E-state index in [4.69, 9.17) is 15.2 Å². The van der Waals surface area contributed by atoms with Gasteiger partial charge in [0, 0.05) is 42.5 Å². The van der Waals surface area contributed by atoms with E-state index in [0.717, 1.165) is 21.7 Å². The number of aromatic nitrogens is 1. The standard InChI is InChI=1S/C35H38N4O5S/c36-29-10-1-2-11-30(29)39-33(42)13-4-3-12-32(41)38-27-9-7-8-26(20-27)35-43-28(23-45-34-14-5-6-19-37-34)21-31(44-35)25-17-15-24(22-40)16-18-25/h1-2,5-11,14-20,28,31,35,40H,3-4,12-13,21-23,36H2,(H,38,41)(H,39,42)/t28-,31+,35+/m1/s1. The summed E-state index contributed by atoms with van der Waals surface area (Å²) in [4.78, 5) is 29.4. The monoisotopic (exact) mass is 626 g/mol. The Morgan fingerprint density at radius 3 is 2.36 bits per heavy atom. The Morgan fingerprint density at radius 2 is 1.62 bits per heavy atom. The Labute approximate surface area is 267 Å². The number of aliphatic hydroxyl groups is 1. The molecule has 1 fully saturated rings. The minimum atomic E-state index is -0.635. The lowest BCUT2D eigenvalue weighted by atomic mass is 10.0. The van der Waals surface area contributed by atoms with Gasteiger partial charge in [-0.1, -0.05) is 54.6 Å². The molecule has 1 aliphatic rings. The zero-order chi connectivity index (χ0) is 31.4. The Hall–Kier alpha value is -4.22. The van der Waals surface area contributed by atoms with E-state index in [9.17, 15) is 14.7 Å². The number of nitrogens with zero attached hydrogens (tertiary/aromatic N) is 1. The van der Waals surface area contributed by atoms with Crippen LogP contribution in [0, 0.1) is 0 Å². The molecule has 5 N–H and O–H groups in total. The van der Waals surface area contributed by atoms with E-state index < -0.39 is 6.29 Å². The lowest BCUT2D eigenvalue weighted by Crippen LogP contribution is -2.31. The van der Waals surface area contributed by atoms with Crippen LogP contribution in [0.4, 0.5) is 17.1 Å². The van der Waals surface area contributed by atoms with Gasteiger partial charge in [-0.2, -0.15) is 0 Å². The van der Waals surface area contributed by atoms with Crippen molar-refractivity contribution in [1.29, 1.82) is 0 Å². The number of rotatable bonds is 13. The van der Waals surface area contributed by atoms with Crippen LogP contribution in [-0.4, -0.2) is 33.8 Å². The Kier molecular flexibility index (Phi) is 11.6. The van der Waals surface area contributed by atoms with Gasteiger partial charge in [0.05, 0.1) is 35.2 Å². The Morgan fingerprint density at radius 1 is 0.867 bits per heavy atom. The second-order valence-corrected chi connectivity index (χ2v) is 11.9. The molecule has 2 amide bonds. The molecule has 0 aliphatic carbocycles. The van der Waals surface area contributed by atoms with Crippen LogP contribution in [0.15, 0.2) is 102 Å².